The topological polar surface area (TPSA) is 27.3 Å². The Hall–Kier alpha value is -1.06. The fourth-order valence-corrected chi connectivity index (χ4v) is 2.37. The van der Waals surface area contributed by atoms with Gasteiger partial charge in [-0.15, -0.1) is 0 Å². The van der Waals surface area contributed by atoms with Gasteiger partial charge in [0.05, 0.1) is 0 Å². The van der Waals surface area contributed by atoms with Crippen molar-refractivity contribution in [1.82, 2.24) is 10.2 Å². The van der Waals surface area contributed by atoms with Gasteiger partial charge in [-0.3, -0.25) is 4.90 Å². The summed E-state index contributed by atoms with van der Waals surface area (Å²) in [5.41, 5.74) is 3.95. The van der Waals surface area contributed by atoms with Crippen LogP contribution < -0.4 is 10.6 Å². The maximum atomic E-state index is 3.55. The molecule has 1 saturated heterocycles. The van der Waals surface area contributed by atoms with Crippen LogP contribution in [-0.4, -0.2) is 43.7 Å². The standard InChI is InChI=1S/C15H25N3/c1-12-4-5-15(10-13(12)2)17-11-14(3)18-8-6-16-7-9-18/h4-5,10,14,16-17H,6-9,11H2,1-3H3. The summed E-state index contributed by atoms with van der Waals surface area (Å²) in [6, 6.07) is 7.19. The van der Waals surface area contributed by atoms with Crippen LogP contribution in [0.3, 0.4) is 0 Å². The minimum Gasteiger partial charge on any atom is -0.383 e. The molecule has 1 fully saturated rings. The molecule has 0 aromatic heterocycles. The maximum Gasteiger partial charge on any atom is 0.0343 e. The van der Waals surface area contributed by atoms with Gasteiger partial charge in [0.15, 0.2) is 0 Å². The monoisotopic (exact) mass is 247 g/mol. The summed E-state index contributed by atoms with van der Waals surface area (Å²) in [5, 5.41) is 6.94. The third kappa shape index (κ3) is 3.47. The molecule has 0 amide bonds. The highest BCUT2D eigenvalue weighted by molar-refractivity contribution is 5.48. The van der Waals surface area contributed by atoms with Gasteiger partial charge in [-0.25, -0.2) is 0 Å². The SMILES string of the molecule is Cc1ccc(NCC(C)N2CCNCC2)cc1C. The molecule has 0 spiro atoms. The first-order valence-corrected chi connectivity index (χ1v) is 6.92. The van der Waals surface area contributed by atoms with Crippen LogP contribution in [-0.2, 0) is 0 Å². The lowest BCUT2D eigenvalue weighted by molar-refractivity contribution is 0.191. The van der Waals surface area contributed by atoms with Crippen LogP contribution in [0.5, 0.6) is 0 Å². The molecule has 1 unspecified atom stereocenters. The summed E-state index contributed by atoms with van der Waals surface area (Å²) < 4.78 is 0. The first-order valence-electron chi connectivity index (χ1n) is 6.92. The molecule has 1 aliphatic rings. The fraction of sp³-hybridized carbons (Fsp3) is 0.600. The summed E-state index contributed by atoms with van der Waals surface area (Å²) >= 11 is 0. The predicted octanol–water partition coefficient (Wildman–Crippen LogP) is 2.01. The second-order valence-corrected chi connectivity index (χ2v) is 5.31. The van der Waals surface area contributed by atoms with Gasteiger partial charge >= 0.3 is 0 Å². The minimum atomic E-state index is 0.591. The molecule has 1 atom stereocenters. The van der Waals surface area contributed by atoms with E-state index in [2.05, 4.69) is 54.5 Å². The molecule has 18 heavy (non-hydrogen) atoms. The second kappa shape index (κ2) is 6.21. The average molecular weight is 247 g/mol. The largest absolute Gasteiger partial charge is 0.383 e. The zero-order chi connectivity index (χ0) is 13.0. The summed E-state index contributed by atoms with van der Waals surface area (Å²) in [6.07, 6.45) is 0. The highest BCUT2D eigenvalue weighted by atomic mass is 15.2. The first-order chi connectivity index (χ1) is 8.66. The van der Waals surface area contributed by atoms with Crippen molar-refractivity contribution in [3.63, 3.8) is 0 Å². The molecular weight excluding hydrogens is 222 g/mol. The fourth-order valence-electron chi connectivity index (χ4n) is 2.37. The van der Waals surface area contributed by atoms with Crippen LogP contribution >= 0.6 is 0 Å². The van der Waals surface area contributed by atoms with Crippen molar-refractivity contribution in [3.05, 3.63) is 29.3 Å². The molecule has 1 aromatic rings. The van der Waals surface area contributed by atoms with E-state index in [1.54, 1.807) is 0 Å². The Morgan fingerprint density at radius 2 is 1.94 bits per heavy atom. The lowest BCUT2D eigenvalue weighted by atomic mass is 10.1. The zero-order valence-corrected chi connectivity index (χ0v) is 11.8. The Morgan fingerprint density at radius 3 is 2.61 bits per heavy atom. The summed E-state index contributed by atoms with van der Waals surface area (Å²) in [5.74, 6) is 0. The van der Waals surface area contributed by atoms with Gasteiger partial charge in [0.1, 0.15) is 0 Å². The molecule has 100 valence electrons. The smallest absolute Gasteiger partial charge is 0.0343 e. The Balaban J connectivity index is 1.84. The predicted molar refractivity (Wildman–Crippen MR) is 78.3 cm³/mol. The van der Waals surface area contributed by atoms with Crippen molar-refractivity contribution < 1.29 is 0 Å². The molecule has 1 heterocycles. The number of piperazine rings is 1. The number of nitrogens with zero attached hydrogens (tertiary/aromatic N) is 1. The Bertz CT molecular complexity index is 383. The number of hydrogen-bond acceptors (Lipinski definition) is 3. The van der Waals surface area contributed by atoms with Crippen LogP contribution in [0, 0.1) is 13.8 Å². The number of hydrogen-bond donors (Lipinski definition) is 2. The Kier molecular flexibility index (Phi) is 4.61. The number of aryl methyl sites for hydroxylation is 2. The van der Waals surface area contributed by atoms with E-state index in [1.807, 2.05) is 0 Å². The van der Waals surface area contributed by atoms with E-state index in [-0.39, 0.29) is 0 Å². The number of anilines is 1. The molecule has 0 bridgehead atoms. The van der Waals surface area contributed by atoms with Crippen LogP contribution in [0.15, 0.2) is 18.2 Å². The molecule has 2 rings (SSSR count). The van der Waals surface area contributed by atoms with E-state index >= 15 is 0 Å². The Morgan fingerprint density at radius 1 is 1.22 bits per heavy atom. The summed E-state index contributed by atoms with van der Waals surface area (Å²) in [7, 11) is 0. The quantitative estimate of drug-likeness (QED) is 0.852. The van der Waals surface area contributed by atoms with E-state index in [9.17, 15) is 0 Å². The zero-order valence-electron chi connectivity index (χ0n) is 11.8. The highest BCUT2D eigenvalue weighted by Gasteiger charge is 2.15. The van der Waals surface area contributed by atoms with E-state index < -0.39 is 0 Å². The third-order valence-electron chi connectivity index (χ3n) is 3.88. The van der Waals surface area contributed by atoms with Crippen molar-refractivity contribution in [2.45, 2.75) is 26.8 Å². The van der Waals surface area contributed by atoms with Crippen LogP contribution in [0.4, 0.5) is 5.69 Å². The lowest BCUT2D eigenvalue weighted by Crippen LogP contribution is -2.49. The normalized spacial score (nSPS) is 18.6. The van der Waals surface area contributed by atoms with Crippen LogP contribution in [0.25, 0.3) is 0 Å². The van der Waals surface area contributed by atoms with Crippen molar-refractivity contribution in [3.8, 4) is 0 Å². The van der Waals surface area contributed by atoms with Crippen molar-refractivity contribution >= 4 is 5.69 Å². The molecule has 2 N–H and O–H groups in total. The third-order valence-corrected chi connectivity index (χ3v) is 3.88. The molecular formula is C15H25N3. The van der Waals surface area contributed by atoms with Gasteiger partial charge in [-0.2, -0.15) is 0 Å². The summed E-state index contributed by atoms with van der Waals surface area (Å²) in [6.45, 7) is 12.2. The van der Waals surface area contributed by atoms with Crippen molar-refractivity contribution in [2.24, 2.45) is 0 Å². The maximum absolute atomic E-state index is 3.55. The molecule has 1 aromatic carbocycles. The number of rotatable bonds is 4. The lowest BCUT2D eigenvalue weighted by Gasteiger charge is -2.33. The van der Waals surface area contributed by atoms with E-state index in [0.717, 1.165) is 32.7 Å². The Labute approximate surface area is 111 Å². The van der Waals surface area contributed by atoms with Gasteiger partial charge in [0, 0.05) is 44.5 Å². The molecule has 0 saturated carbocycles. The van der Waals surface area contributed by atoms with Crippen LogP contribution in [0.2, 0.25) is 0 Å². The van der Waals surface area contributed by atoms with Crippen LogP contribution in [0.1, 0.15) is 18.1 Å². The van der Waals surface area contributed by atoms with Gasteiger partial charge in [0.25, 0.3) is 0 Å². The number of benzene rings is 1. The molecule has 0 radical (unpaired) electrons. The number of nitrogens with one attached hydrogen (secondary N) is 2. The molecule has 0 aliphatic carbocycles. The van der Waals surface area contributed by atoms with Gasteiger partial charge < -0.3 is 10.6 Å². The van der Waals surface area contributed by atoms with E-state index in [4.69, 9.17) is 0 Å². The van der Waals surface area contributed by atoms with Crippen molar-refractivity contribution in [1.29, 1.82) is 0 Å². The molecule has 3 heteroatoms. The highest BCUT2D eigenvalue weighted by Crippen LogP contribution is 2.14. The molecule has 1 aliphatic heterocycles. The van der Waals surface area contributed by atoms with Gasteiger partial charge in [0.2, 0.25) is 0 Å². The van der Waals surface area contributed by atoms with E-state index in [0.29, 0.717) is 6.04 Å². The van der Waals surface area contributed by atoms with E-state index in [1.165, 1.54) is 16.8 Å². The second-order valence-electron chi connectivity index (χ2n) is 5.31. The average Bonchev–Trinajstić information content (AvgIpc) is 2.41. The van der Waals surface area contributed by atoms with Gasteiger partial charge in [-0.05, 0) is 44.0 Å². The molecule has 3 nitrogen and oxygen atoms in total. The minimum absolute atomic E-state index is 0.591. The summed E-state index contributed by atoms with van der Waals surface area (Å²) in [4.78, 5) is 2.55. The van der Waals surface area contributed by atoms with Gasteiger partial charge in [-0.1, -0.05) is 6.07 Å². The van der Waals surface area contributed by atoms with Crippen molar-refractivity contribution in [2.75, 3.05) is 38.0 Å². The first kappa shape index (κ1) is 13.4.